The molecule has 0 aliphatic heterocycles. The van der Waals surface area contributed by atoms with Gasteiger partial charge in [0.25, 0.3) is 0 Å². The Morgan fingerprint density at radius 1 is 0.895 bits per heavy atom. The summed E-state index contributed by atoms with van der Waals surface area (Å²) in [6.45, 7) is 6.22. The lowest BCUT2D eigenvalue weighted by Gasteiger charge is -2.07. The minimum absolute atomic E-state index is 0.727. The third-order valence-corrected chi connectivity index (χ3v) is 7.89. The molecular formula is C30H31N7S. The van der Waals surface area contributed by atoms with E-state index in [1.807, 2.05) is 24.8 Å². The zero-order valence-electron chi connectivity index (χ0n) is 21.7. The molecule has 1 aromatic carbocycles. The highest BCUT2D eigenvalue weighted by Gasteiger charge is 2.17. The van der Waals surface area contributed by atoms with Crippen molar-refractivity contribution in [2.24, 2.45) is 0 Å². The topological polar surface area (TPSA) is 95.2 Å². The van der Waals surface area contributed by atoms with E-state index in [4.69, 9.17) is 4.98 Å². The predicted molar refractivity (Wildman–Crippen MR) is 156 cm³/mol. The lowest BCUT2D eigenvalue weighted by molar-refractivity contribution is 0.597. The second kappa shape index (κ2) is 10.8. The number of nitrogens with zero attached hydrogens (tertiary/aromatic N) is 4. The molecule has 0 fully saturated rings. The average Bonchev–Trinajstić information content (AvgIpc) is 3.68. The molecule has 0 spiro atoms. The molecule has 0 atom stereocenters. The standard InChI is InChI=1S/C30H31N7S/c1-3-4-5-6-11-31-14-20-12-22(16-32-15-20)21-8-9-25-23(13-21)29(37-36-25)30-34-26-18-33-17-24(28(26)35-30)27-10-7-19(2)38-27/h7-10,12-13,15-18,31H,3-6,11,14H2,1-2H3,(H,34,35)(H,36,37). The molecule has 0 saturated carbocycles. The molecule has 0 aliphatic rings. The Balaban J connectivity index is 1.29. The Kier molecular flexibility index (Phi) is 6.98. The number of unbranched alkanes of at least 4 members (excludes halogenated alkanes) is 3. The van der Waals surface area contributed by atoms with Crippen LogP contribution in [0, 0.1) is 6.92 Å². The number of fused-ring (bicyclic) bond motifs is 2. The minimum Gasteiger partial charge on any atom is -0.335 e. The molecule has 0 aliphatic carbocycles. The number of H-pyrrole nitrogens is 2. The first-order valence-electron chi connectivity index (χ1n) is 13.2. The van der Waals surface area contributed by atoms with Crippen molar-refractivity contribution in [2.75, 3.05) is 6.54 Å². The van der Waals surface area contributed by atoms with Crippen LogP contribution in [0.1, 0.15) is 43.0 Å². The Morgan fingerprint density at radius 3 is 2.68 bits per heavy atom. The van der Waals surface area contributed by atoms with Crippen molar-refractivity contribution in [3.63, 3.8) is 0 Å². The summed E-state index contributed by atoms with van der Waals surface area (Å²) in [4.78, 5) is 19.8. The molecule has 38 heavy (non-hydrogen) atoms. The smallest absolute Gasteiger partial charge is 0.159 e. The fraction of sp³-hybridized carbons (Fsp3) is 0.267. The first kappa shape index (κ1) is 24.5. The van der Waals surface area contributed by atoms with Crippen molar-refractivity contribution in [3.8, 4) is 33.1 Å². The SMILES string of the molecule is CCCCCCNCc1cncc(-c2ccc3[nH]nc(-c4nc5c(-c6ccc(C)s6)cncc5[nH]4)c3c2)c1. The summed E-state index contributed by atoms with van der Waals surface area (Å²) < 4.78 is 0. The van der Waals surface area contributed by atoms with E-state index in [1.165, 1.54) is 36.1 Å². The van der Waals surface area contributed by atoms with Crippen molar-refractivity contribution in [3.05, 3.63) is 71.6 Å². The van der Waals surface area contributed by atoms with Gasteiger partial charge in [0, 0.05) is 51.4 Å². The molecule has 8 heteroatoms. The maximum absolute atomic E-state index is 4.98. The average molecular weight is 522 g/mol. The molecule has 6 aromatic rings. The van der Waals surface area contributed by atoms with E-state index in [0.717, 1.165) is 68.1 Å². The number of benzene rings is 1. The van der Waals surface area contributed by atoms with E-state index in [9.17, 15) is 0 Å². The highest BCUT2D eigenvalue weighted by atomic mass is 32.1. The Morgan fingerprint density at radius 2 is 1.82 bits per heavy atom. The number of aromatic nitrogens is 6. The van der Waals surface area contributed by atoms with Gasteiger partial charge in [-0.3, -0.25) is 15.1 Å². The third-order valence-electron chi connectivity index (χ3n) is 6.85. The highest BCUT2D eigenvalue weighted by molar-refractivity contribution is 7.15. The van der Waals surface area contributed by atoms with Gasteiger partial charge in [-0.15, -0.1) is 11.3 Å². The van der Waals surface area contributed by atoms with Crippen LogP contribution in [0.2, 0.25) is 0 Å². The van der Waals surface area contributed by atoms with Gasteiger partial charge in [0.15, 0.2) is 5.82 Å². The van der Waals surface area contributed by atoms with Gasteiger partial charge >= 0.3 is 0 Å². The molecule has 0 radical (unpaired) electrons. The predicted octanol–water partition coefficient (Wildman–Crippen LogP) is 7.27. The van der Waals surface area contributed by atoms with Gasteiger partial charge in [-0.05, 0) is 61.3 Å². The molecule has 7 nitrogen and oxygen atoms in total. The van der Waals surface area contributed by atoms with Crippen LogP contribution in [0.25, 0.3) is 55.0 Å². The molecular weight excluding hydrogens is 490 g/mol. The Bertz CT molecular complexity index is 1690. The molecule has 3 N–H and O–H groups in total. The molecule has 0 amide bonds. The lowest BCUT2D eigenvalue weighted by atomic mass is 10.0. The Hall–Kier alpha value is -3.88. The summed E-state index contributed by atoms with van der Waals surface area (Å²) in [5, 5.41) is 12.4. The van der Waals surface area contributed by atoms with Crippen LogP contribution in [0.5, 0.6) is 0 Å². The number of hydrogen-bond acceptors (Lipinski definition) is 6. The minimum atomic E-state index is 0.727. The van der Waals surface area contributed by atoms with Gasteiger partial charge in [0.05, 0.1) is 17.2 Å². The number of hydrogen-bond donors (Lipinski definition) is 3. The van der Waals surface area contributed by atoms with Crippen molar-refractivity contribution in [1.29, 1.82) is 0 Å². The number of nitrogens with one attached hydrogen (secondary N) is 3. The van der Waals surface area contributed by atoms with Gasteiger partial charge < -0.3 is 10.3 Å². The van der Waals surface area contributed by atoms with Crippen LogP contribution in [0.15, 0.2) is 61.2 Å². The van der Waals surface area contributed by atoms with Crippen LogP contribution >= 0.6 is 11.3 Å². The van der Waals surface area contributed by atoms with Crippen LogP contribution < -0.4 is 5.32 Å². The van der Waals surface area contributed by atoms with Crippen molar-refractivity contribution in [1.82, 2.24) is 35.5 Å². The zero-order chi connectivity index (χ0) is 25.9. The first-order chi connectivity index (χ1) is 18.7. The summed E-state index contributed by atoms with van der Waals surface area (Å²) in [5.41, 5.74) is 7.98. The third kappa shape index (κ3) is 4.97. The highest BCUT2D eigenvalue weighted by Crippen LogP contribution is 2.35. The number of aryl methyl sites for hydroxylation is 1. The quantitative estimate of drug-likeness (QED) is 0.165. The Labute approximate surface area is 225 Å². The first-order valence-corrected chi connectivity index (χ1v) is 14.1. The van der Waals surface area contributed by atoms with Gasteiger partial charge in [0.2, 0.25) is 0 Å². The summed E-state index contributed by atoms with van der Waals surface area (Å²) in [5.74, 6) is 0.727. The van der Waals surface area contributed by atoms with Gasteiger partial charge in [-0.1, -0.05) is 32.3 Å². The number of rotatable bonds is 10. The molecule has 0 saturated heterocycles. The van der Waals surface area contributed by atoms with Crippen molar-refractivity contribution < 1.29 is 0 Å². The second-order valence-electron chi connectivity index (χ2n) is 9.73. The van der Waals surface area contributed by atoms with E-state index in [1.54, 1.807) is 11.3 Å². The van der Waals surface area contributed by atoms with Crippen LogP contribution in [0.4, 0.5) is 0 Å². The molecule has 6 rings (SSSR count). The molecule has 0 bridgehead atoms. The summed E-state index contributed by atoms with van der Waals surface area (Å²) >= 11 is 1.75. The number of pyridine rings is 2. The number of thiophene rings is 1. The van der Waals surface area contributed by atoms with Crippen LogP contribution in [0.3, 0.4) is 0 Å². The summed E-state index contributed by atoms with van der Waals surface area (Å²) in [6, 6.07) is 12.8. The van der Waals surface area contributed by atoms with Crippen LogP contribution in [-0.2, 0) is 6.54 Å². The summed E-state index contributed by atoms with van der Waals surface area (Å²) in [7, 11) is 0. The normalized spacial score (nSPS) is 11.6. The lowest BCUT2D eigenvalue weighted by Crippen LogP contribution is -2.14. The van der Waals surface area contributed by atoms with Crippen molar-refractivity contribution in [2.45, 2.75) is 46.1 Å². The zero-order valence-corrected chi connectivity index (χ0v) is 22.5. The number of aromatic amines is 2. The van der Waals surface area contributed by atoms with E-state index in [2.05, 4.69) is 80.7 Å². The van der Waals surface area contributed by atoms with Crippen molar-refractivity contribution >= 4 is 33.3 Å². The maximum Gasteiger partial charge on any atom is 0.159 e. The van der Waals surface area contributed by atoms with Gasteiger partial charge in [-0.2, -0.15) is 5.10 Å². The van der Waals surface area contributed by atoms with E-state index < -0.39 is 0 Å². The number of imidazole rings is 1. The fourth-order valence-electron chi connectivity index (χ4n) is 4.83. The molecule has 0 unspecified atom stereocenters. The molecule has 5 heterocycles. The van der Waals surface area contributed by atoms with E-state index >= 15 is 0 Å². The van der Waals surface area contributed by atoms with Gasteiger partial charge in [0.1, 0.15) is 11.2 Å². The largest absolute Gasteiger partial charge is 0.335 e. The second-order valence-corrected chi connectivity index (χ2v) is 11.0. The monoisotopic (exact) mass is 521 g/mol. The summed E-state index contributed by atoms with van der Waals surface area (Å²) in [6.07, 6.45) is 12.6. The van der Waals surface area contributed by atoms with Gasteiger partial charge in [-0.25, -0.2) is 4.98 Å². The van der Waals surface area contributed by atoms with E-state index in [0.29, 0.717) is 0 Å². The fourth-order valence-corrected chi connectivity index (χ4v) is 5.71. The van der Waals surface area contributed by atoms with Crippen LogP contribution in [-0.4, -0.2) is 36.7 Å². The molecule has 5 aromatic heterocycles. The van der Waals surface area contributed by atoms with E-state index in [-0.39, 0.29) is 0 Å². The molecule has 192 valence electrons. The maximum atomic E-state index is 4.98.